The van der Waals surface area contributed by atoms with Crippen molar-refractivity contribution in [2.75, 3.05) is 13.7 Å². The summed E-state index contributed by atoms with van der Waals surface area (Å²) in [5.74, 6) is 1.00. The molecular formula is C17H18BrClO2. The molecule has 0 fully saturated rings. The van der Waals surface area contributed by atoms with E-state index in [9.17, 15) is 5.11 Å². The molecule has 1 unspecified atom stereocenters. The first-order valence-electron chi connectivity index (χ1n) is 6.80. The number of benzene rings is 2. The lowest BCUT2D eigenvalue weighted by atomic mass is 9.93. The van der Waals surface area contributed by atoms with Gasteiger partial charge < -0.3 is 9.84 Å². The molecule has 0 aliphatic carbocycles. The van der Waals surface area contributed by atoms with Crippen LogP contribution in [0.1, 0.15) is 11.1 Å². The molecule has 0 heterocycles. The van der Waals surface area contributed by atoms with Crippen LogP contribution in [0.25, 0.3) is 0 Å². The van der Waals surface area contributed by atoms with Crippen molar-refractivity contribution in [3.05, 3.63) is 63.1 Å². The number of aliphatic hydroxyl groups is 1. The highest BCUT2D eigenvalue weighted by molar-refractivity contribution is 9.10. The SMILES string of the molecule is COc1ccc(CC(CO)Cc2ccc(Cl)cc2)cc1Br. The summed E-state index contributed by atoms with van der Waals surface area (Å²) in [6.45, 7) is 0.159. The molecule has 0 saturated heterocycles. The van der Waals surface area contributed by atoms with E-state index in [0.29, 0.717) is 0 Å². The van der Waals surface area contributed by atoms with Gasteiger partial charge in [0.05, 0.1) is 11.6 Å². The molecular weight excluding hydrogens is 352 g/mol. The van der Waals surface area contributed by atoms with Crippen LogP contribution < -0.4 is 4.74 Å². The minimum Gasteiger partial charge on any atom is -0.496 e. The van der Waals surface area contributed by atoms with E-state index in [1.54, 1.807) is 7.11 Å². The average Bonchev–Trinajstić information content (AvgIpc) is 2.49. The Kier molecular flexibility index (Phi) is 6.09. The van der Waals surface area contributed by atoms with Crippen molar-refractivity contribution in [2.45, 2.75) is 12.8 Å². The quantitative estimate of drug-likeness (QED) is 0.812. The standard InChI is InChI=1S/C17H18BrClO2/c1-21-17-7-4-13(10-16(17)18)9-14(11-20)8-12-2-5-15(19)6-3-12/h2-7,10,14,20H,8-9,11H2,1H3. The van der Waals surface area contributed by atoms with Crippen molar-refractivity contribution in [3.8, 4) is 5.75 Å². The molecule has 0 bridgehead atoms. The van der Waals surface area contributed by atoms with Gasteiger partial charge in [-0.2, -0.15) is 0 Å². The van der Waals surface area contributed by atoms with E-state index in [1.807, 2.05) is 42.5 Å². The molecule has 0 saturated carbocycles. The zero-order valence-corrected chi connectivity index (χ0v) is 14.2. The molecule has 1 atom stereocenters. The van der Waals surface area contributed by atoms with Crippen LogP contribution in [0.2, 0.25) is 5.02 Å². The second-order valence-corrected chi connectivity index (χ2v) is 6.34. The highest BCUT2D eigenvalue weighted by Crippen LogP contribution is 2.27. The molecule has 2 rings (SSSR count). The molecule has 0 radical (unpaired) electrons. The molecule has 2 aromatic rings. The summed E-state index contributed by atoms with van der Waals surface area (Å²) in [6.07, 6.45) is 1.65. The van der Waals surface area contributed by atoms with E-state index >= 15 is 0 Å². The molecule has 0 aliphatic rings. The van der Waals surface area contributed by atoms with Crippen LogP contribution in [0.3, 0.4) is 0 Å². The molecule has 4 heteroatoms. The Balaban J connectivity index is 2.05. The smallest absolute Gasteiger partial charge is 0.133 e. The van der Waals surface area contributed by atoms with Gasteiger partial charge in [-0.05, 0) is 70.1 Å². The number of hydrogen-bond donors (Lipinski definition) is 1. The Bertz CT molecular complexity index is 584. The molecule has 0 aromatic heterocycles. The lowest BCUT2D eigenvalue weighted by Crippen LogP contribution is -2.13. The first-order valence-corrected chi connectivity index (χ1v) is 7.97. The fourth-order valence-corrected chi connectivity index (χ4v) is 3.04. The maximum Gasteiger partial charge on any atom is 0.133 e. The van der Waals surface area contributed by atoms with Gasteiger partial charge in [0, 0.05) is 11.6 Å². The first-order chi connectivity index (χ1) is 10.1. The van der Waals surface area contributed by atoms with Crippen LogP contribution in [0.4, 0.5) is 0 Å². The number of aliphatic hydroxyl groups excluding tert-OH is 1. The Morgan fingerprint density at radius 2 is 1.71 bits per heavy atom. The molecule has 0 aliphatic heterocycles. The number of halogens is 2. The summed E-state index contributed by atoms with van der Waals surface area (Å²) in [5, 5.41) is 10.3. The van der Waals surface area contributed by atoms with Crippen molar-refractivity contribution >= 4 is 27.5 Å². The van der Waals surface area contributed by atoms with Crippen LogP contribution in [0.5, 0.6) is 5.75 Å². The topological polar surface area (TPSA) is 29.5 Å². The van der Waals surface area contributed by atoms with Crippen molar-refractivity contribution in [2.24, 2.45) is 5.92 Å². The third-order valence-corrected chi connectivity index (χ3v) is 4.31. The summed E-state index contributed by atoms with van der Waals surface area (Å²) in [7, 11) is 1.65. The van der Waals surface area contributed by atoms with E-state index in [-0.39, 0.29) is 12.5 Å². The van der Waals surface area contributed by atoms with Crippen molar-refractivity contribution in [3.63, 3.8) is 0 Å². The lowest BCUT2D eigenvalue weighted by Gasteiger charge is -2.15. The molecule has 112 valence electrons. The van der Waals surface area contributed by atoms with Gasteiger partial charge in [-0.25, -0.2) is 0 Å². The summed E-state index contributed by atoms with van der Waals surface area (Å²) < 4.78 is 6.17. The zero-order valence-electron chi connectivity index (χ0n) is 11.9. The lowest BCUT2D eigenvalue weighted by molar-refractivity contribution is 0.225. The molecule has 21 heavy (non-hydrogen) atoms. The molecule has 1 N–H and O–H groups in total. The summed E-state index contributed by atoms with van der Waals surface area (Å²) >= 11 is 9.38. The minimum absolute atomic E-state index is 0.159. The maximum atomic E-state index is 9.61. The third kappa shape index (κ3) is 4.73. The highest BCUT2D eigenvalue weighted by atomic mass is 79.9. The summed E-state index contributed by atoms with van der Waals surface area (Å²) in [6, 6.07) is 13.8. The summed E-state index contributed by atoms with van der Waals surface area (Å²) in [5.41, 5.74) is 2.36. The Labute approximate surface area is 138 Å². The van der Waals surface area contributed by atoms with Crippen LogP contribution >= 0.6 is 27.5 Å². The van der Waals surface area contributed by atoms with Gasteiger partial charge in [-0.1, -0.05) is 29.8 Å². The Hall–Kier alpha value is -1.03. The fraction of sp³-hybridized carbons (Fsp3) is 0.294. The van der Waals surface area contributed by atoms with Crippen LogP contribution in [-0.4, -0.2) is 18.8 Å². The second-order valence-electron chi connectivity index (χ2n) is 5.05. The monoisotopic (exact) mass is 368 g/mol. The number of ether oxygens (including phenoxy) is 1. The van der Waals surface area contributed by atoms with Gasteiger partial charge >= 0.3 is 0 Å². The van der Waals surface area contributed by atoms with Crippen molar-refractivity contribution in [1.29, 1.82) is 0 Å². The van der Waals surface area contributed by atoms with Gasteiger partial charge in [0.2, 0.25) is 0 Å². The van der Waals surface area contributed by atoms with E-state index in [4.69, 9.17) is 16.3 Å². The van der Waals surface area contributed by atoms with Gasteiger partial charge in [0.25, 0.3) is 0 Å². The van der Waals surface area contributed by atoms with Gasteiger partial charge in [-0.15, -0.1) is 0 Å². The molecule has 2 aromatic carbocycles. The van der Waals surface area contributed by atoms with Gasteiger partial charge in [0.15, 0.2) is 0 Å². The second kappa shape index (κ2) is 7.83. The van der Waals surface area contributed by atoms with Crippen molar-refractivity contribution < 1.29 is 9.84 Å². The zero-order chi connectivity index (χ0) is 15.2. The van der Waals surface area contributed by atoms with Gasteiger partial charge in [0.1, 0.15) is 5.75 Å². The Morgan fingerprint density at radius 1 is 1.10 bits per heavy atom. The van der Waals surface area contributed by atoms with Crippen molar-refractivity contribution in [1.82, 2.24) is 0 Å². The summed E-state index contributed by atoms with van der Waals surface area (Å²) in [4.78, 5) is 0. The minimum atomic E-state index is 0.159. The molecule has 2 nitrogen and oxygen atoms in total. The average molecular weight is 370 g/mol. The van der Waals surface area contributed by atoms with E-state index in [0.717, 1.165) is 28.1 Å². The van der Waals surface area contributed by atoms with Crippen LogP contribution in [0.15, 0.2) is 46.9 Å². The number of rotatable bonds is 6. The maximum absolute atomic E-state index is 9.61. The third-order valence-electron chi connectivity index (χ3n) is 3.44. The van der Waals surface area contributed by atoms with Crippen LogP contribution in [0, 0.1) is 5.92 Å². The van der Waals surface area contributed by atoms with E-state index in [2.05, 4.69) is 15.9 Å². The van der Waals surface area contributed by atoms with Gasteiger partial charge in [-0.3, -0.25) is 0 Å². The Morgan fingerprint density at radius 3 is 2.29 bits per heavy atom. The molecule has 0 amide bonds. The first kappa shape index (κ1) is 16.3. The highest BCUT2D eigenvalue weighted by Gasteiger charge is 2.11. The predicted octanol–water partition coefficient (Wildman–Crippen LogP) is 4.50. The van der Waals surface area contributed by atoms with E-state index in [1.165, 1.54) is 11.1 Å². The predicted molar refractivity (Wildman–Crippen MR) is 90.1 cm³/mol. The number of hydrogen-bond acceptors (Lipinski definition) is 2. The molecule has 0 spiro atoms. The fourth-order valence-electron chi connectivity index (χ4n) is 2.33. The number of methoxy groups -OCH3 is 1. The largest absolute Gasteiger partial charge is 0.496 e. The van der Waals surface area contributed by atoms with Crippen LogP contribution in [-0.2, 0) is 12.8 Å². The van der Waals surface area contributed by atoms with E-state index < -0.39 is 0 Å². The normalized spacial score (nSPS) is 12.2.